The maximum atomic E-state index is 3.74. The van der Waals surface area contributed by atoms with E-state index in [1.54, 1.807) is 0 Å². The Morgan fingerprint density at radius 3 is 2.84 bits per heavy atom. The van der Waals surface area contributed by atoms with Crippen LogP contribution in [0, 0.1) is 5.92 Å². The summed E-state index contributed by atoms with van der Waals surface area (Å²) in [4.78, 5) is 4.14. The molecule has 2 rings (SSSR count). The van der Waals surface area contributed by atoms with Gasteiger partial charge >= 0.3 is 0 Å². The van der Waals surface area contributed by atoms with Crippen LogP contribution in [-0.2, 0) is 6.54 Å². The highest BCUT2D eigenvalue weighted by Gasteiger charge is 2.29. The molecule has 1 aliphatic rings. The summed E-state index contributed by atoms with van der Waals surface area (Å²) in [6, 6.07) is 5.74. The Labute approximate surface area is 129 Å². The molecule has 1 aliphatic heterocycles. The predicted molar refractivity (Wildman–Crippen MR) is 87.8 cm³/mol. The van der Waals surface area contributed by atoms with Crippen LogP contribution in [-0.4, -0.2) is 30.1 Å². The van der Waals surface area contributed by atoms with Gasteiger partial charge < -0.3 is 5.32 Å². The Bertz CT molecular complexity index is 393. The molecule has 19 heavy (non-hydrogen) atoms. The van der Waals surface area contributed by atoms with Crippen molar-refractivity contribution in [3.05, 3.63) is 20.8 Å². The molecule has 0 bridgehead atoms. The fourth-order valence-electron chi connectivity index (χ4n) is 2.78. The molecule has 1 aromatic rings. The van der Waals surface area contributed by atoms with E-state index in [0.29, 0.717) is 12.1 Å². The summed E-state index contributed by atoms with van der Waals surface area (Å²) >= 11 is 5.43. The summed E-state index contributed by atoms with van der Waals surface area (Å²) in [5, 5.41) is 3.74. The molecule has 0 aromatic carbocycles. The molecule has 0 spiro atoms. The van der Waals surface area contributed by atoms with Crippen molar-refractivity contribution >= 4 is 27.3 Å². The average molecular weight is 345 g/mol. The van der Waals surface area contributed by atoms with Crippen LogP contribution >= 0.6 is 27.3 Å². The molecule has 2 heterocycles. The molecule has 3 atom stereocenters. The number of rotatable bonds is 5. The molecule has 0 amide bonds. The summed E-state index contributed by atoms with van der Waals surface area (Å²) in [5.41, 5.74) is 0. The minimum Gasteiger partial charge on any atom is -0.311 e. The highest BCUT2D eigenvalue weighted by Crippen LogP contribution is 2.26. The zero-order chi connectivity index (χ0) is 13.8. The zero-order valence-corrected chi connectivity index (χ0v) is 14.6. The molecule has 108 valence electrons. The van der Waals surface area contributed by atoms with Crippen LogP contribution in [0.2, 0.25) is 0 Å². The predicted octanol–water partition coefficient (Wildman–Crippen LogP) is 4.11. The van der Waals surface area contributed by atoms with Gasteiger partial charge in [-0.3, -0.25) is 4.90 Å². The summed E-state index contributed by atoms with van der Waals surface area (Å²) in [7, 11) is 0. The van der Waals surface area contributed by atoms with E-state index in [0.717, 1.165) is 19.0 Å². The maximum absolute atomic E-state index is 3.74. The quantitative estimate of drug-likeness (QED) is 0.864. The van der Waals surface area contributed by atoms with Gasteiger partial charge in [0.25, 0.3) is 0 Å². The standard InChI is InChI=1S/C15H25BrN2S/c1-4-11(3)14-10-18(12(5-2)8-17-14)9-13-6-7-15(16)19-13/h6-7,11-12,14,17H,4-5,8-10H2,1-3H3. The van der Waals surface area contributed by atoms with Gasteiger partial charge in [0.05, 0.1) is 3.79 Å². The second-order valence-electron chi connectivity index (χ2n) is 5.60. The normalized spacial score (nSPS) is 26.5. The SMILES string of the molecule is CCC(C)C1CN(Cc2ccc(Br)s2)C(CC)CN1. The highest BCUT2D eigenvalue weighted by atomic mass is 79.9. The maximum Gasteiger partial charge on any atom is 0.0701 e. The van der Waals surface area contributed by atoms with Gasteiger partial charge in [-0.25, -0.2) is 0 Å². The first kappa shape index (κ1) is 15.5. The number of hydrogen-bond acceptors (Lipinski definition) is 3. The van der Waals surface area contributed by atoms with Gasteiger partial charge in [-0.1, -0.05) is 27.2 Å². The summed E-state index contributed by atoms with van der Waals surface area (Å²) in [6.07, 6.45) is 2.49. The van der Waals surface area contributed by atoms with Gasteiger partial charge in [0.2, 0.25) is 0 Å². The van der Waals surface area contributed by atoms with Gasteiger partial charge in [0, 0.05) is 36.6 Å². The van der Waals surface area contributed by atoms with E-state index >= 15 is 0 Å². The summed E-state index contributed by atoms with van der Waals surface area (Å²) in [6.45, 7) is 10.4. The van der Waals surface area contributed by atoms with Crippen LogP contribution in [0.5, 0.6) is 0 Å². The lowest BCUT2D eigenvalue weighted by Gasteiger charge is -2.42. The molecule has 4 heteroatoms. The largest absolute Gasteiger partial charge is 0.311 e. The Morgan fingerprint density at radius 2 is 2.26 bits per heavy atom. The number of nitrogens with one attached hydrogen (secondary N) is 1. The van der Waals surface area contributed by atoms with E-state index < -0.39 is 0 Å². The van der Waals surface area contributed by atoms with Gasteiger partial charge in [-0.15, -0.1) is 11.3 Å². The molecule has 1 N–H and O–H groups in total. The number of piperazine rings is 1. The van der Waals surface area contributed by atoms with E-state index in [9.17, 15) is 0 Å². The third-order valence-electron chi connectivity index (χ3n) is 4.35. The van der Waals surface area contributed by atoms with Crippen LogP contribution in [0.3, 0.4) is 0 Å². The van der Waals surface area contributed by atoms with E-state index in [1.165, 1.54) is 28.0 Å². The first-order chi connectivity index (χ1) is 9.13. The fraction of sp³-hybridized carbons (Fsp3) is 0.733. The lowest BCUT2D eigenvalue weighted by Crippen LogP contribution is -2.57. The van der Waals surface area contributed by atoms with Gasteiger partial charge in [0.1, 0.15) is 0 Å². The molecule has 2 nitrogen and oxygen atoms in total. The average Bonchev–Trinajstić information content (AvgIpc) is 2.83. The van der Waals surface area contributed by atoms with Crippen LogP contribution in [0.4, 0.5) is 0 Å². The van der Waals surface area contributed by atoms with Crippen molar-refractivity contribution in [3.63, 3.8) is 0 Å². The zero-order valence-electron chi connectivity index (χ0n) is 12.2. The molecule has 0 aliphatic carbocycles. The molecule has 0 saturated carbocycles. The Kier molecular flexibility index (Phi) is 5.87. The Balaban J connectivity index is 2.01. The van der Waals surface area contributed by atoms with Gasteiger partial charge in [-0.2, -0.15) is 0 Å². The van der Waals surface area contributed by atoms with E-state index in [-0.39, 0.29) is 0 Å². The minimum atomic E-state index is 0.649. The Morgan fingerprint density at radius 1 is 1.47 bits per heavy atom. The third-order valence-corrected chi connectivity index (χ3v) is 5.96. The minimum absolute atomic E-state index is 0.649. The van der Waals surface area contributed by atoms with Crippen LogP contribution in [0.1, 0.15) is 38.5 Å². The molecule has 3 unspecified atom stereocenters. The number of thiophene rings is 1. The van der Waals surface area contributed by atoms with E-state index in [1.807, 2.05) is 11.3 Å². The van der Waals surface area contributed by atoms with Crippen molar-refractivity contribution in [2.45, 2.75) is 52.2 Å². The number of nitrogens with zero attached hydrogens (tertiary/aromatic N) is 1. The van der Waals surface area contributed by atoms with Crippen molar-refractivity contribution in [2.24, 2.45) is 5.92 Å². The molecular weight excluding hydrogens is 320 g/mol. The topological polar surface area (TPSA) is 15.3 Å². The van der Waals surface area contributed by atoms with Crippen LogP contribution in [0.25, 0.3) is 0 Å². The first-order valence-electron chi connectivity index (χ1n) is 7.35. The molecular formula is C15H25BrN2S. The van der Waals surface area contributed by atoms with Crippen molar-refractivity contribution in [2.75, 3.05) is 13.1 Å². The molecule has 1 fully saturated rings. The van der Waals surface area contributed by atoms with Crippen molar-refractivity contribution < 1.29 is 0 Å². The fourth-order valence-corrected chi connectivity index (χ4v) is 4.29. The summed E-state index contributed by atoms with van der Waals surface area (Å²) < 4.78 is 1.24. The van der Waals surface area contributed by atoms with Crippen LogP contribution in [0.15, 0.2) is 15.9 Å². The van der Waals surface area contributed by atoms with E-state index in [2.05, 4.69) is 59.1 Å². The highest BCUT2D eigenvalue weighted by molar-refractivity contribution is 9.11. The first-order valence-corrected chi connectivity index (χ1v) is 8.96. The monoisotopic (exact) mass is 344 g/mol. The Hall–Kier alpha value is 0.1000. The van der Waals surface area contributed by atoms with Crippen molar-refractivity contribution in [1.82, 2.24) is 10.2 Å². The lowest BCUT2D eigenvalue weighted by molar-refractivity contribution is 0.100. The summed E-state index contributed by atoms with van der Waals surface area (Å²) in [5.74, 6) is 0.760. The van der Waals surface area contributed by atoms with Gasteiger partial charge in [-0.05, 0) is 40.4 Å². The molecule has 1 aromatic heterocycles. The second kappa shape index (κ2) is 7.21. The number of halogens is 1. The molecule has 1 saturated heterocycles. The lowest BCUT2D eigenvalue weighted by atomic mass is 9.95. The van der Waals surface area contributed by atoms with Crippen molar-refractivity contribution in [1.29, 1.82) is 0 Å². The number of hydrogen-bond donors (Lipinski definition) is 1. The second-order valence-corrected chi connectivity index (χ2v) is 8.15. The molecule has 0 radical (unpaired) electrons. The third kappa shape index (κ3) is 4.03. The van der Waals surface area contributed by atoms with Gasteiger partial charge in [0.15, 0.2) is 0 Å². The van der Waals surface area contributed by atoms with E-state index in [4.69, 9.17) is 0 Å². The van der Waals surface area contributed by atoms with Crippen LogP contribution < -0.4 is 5.32 Å². The van der Waals surface area contributed by atoms with Crippen molar-refractivity contribution in [3.8, 4) is 0 Å². The smallest absolute Gasteiger partial charge is 0.0701 e.